The van der Waals surface area contributed by atoms with Crippen LogP contribution in [0.4, 0.5) is 0 Å². The van der Waals surface area contributed by atoms with Gasteiger partial charge < -0.3 is 9.30 Å². The summed E-state index contributed by atoms with van der Waals surface area (Å²) in [6, 6.07) is 6.04. The topological polar surface area (TPSA) is 43.6 Å². The number of ether oxygens (including phenoxy) is 1. The lowest BCUT2D eigenvalue weighted by molar-refractivity contribution is -0.118. The number of aryl methyl sites for hydroxylation is 3. The Balaban J connectivity index is 1.92. The molecule has 5 heteroatoms. The van der Waals surface area contributed by atoms with Gasteiger partial charge in [0.1, 0.15) is 5.75 Å². The first-order valence-electron chi connectivity index (χ1n) is 6.44. The predicted molar refractivity (Wildman–Crippen MR) is 79.9 cm³/mol. The number of benzene rings is 1. The first-order valence-corrected chi connectivity index (χ1v) is 7.32. The van der Waals surface area contributed by atoms with E-state index in [0.29, 0.717) is 11.4 Å². The van der Waals surface area contributed by atoms with Crippen molar-refractivity contribution in [3.05, 3.63) is 45.7 Å². The average molecular weight is 290 g/mol. The minimum absolute atomic E-state index is 0.159. The molecule has 0 atom stereocenters. The van der Waals surface area contributed by atoms with Gasteiger partial charge in [0.05, 0.1) is 13.0 Å². The molecule has 2 aromatic rings. The first-order chi connectivity index (χ1) is 9.56. The Morgan fingerprint density at radius 2 is 2.20 bits per heavy atom. The van der Waals surface area contributed by atoms with Crippen LogP contribution in [0.2, 0.25) is 0 Å². The molecular weight excluding hydrogens is 272 g/mol. The van der Waals surface area contributed by atoms with Crippen molar-refractivity contribution < 1.29 is 9.53 Å². The third-order valence-corrected chi connectivity index (χ3v) is 3.75. The van der Waals surface area contributed by atoms with Gasteiger partial charge in [0.15, 0.2) is 4.80 Å². The average Bonchev–Trinajstić information content (AvgIpc) is 2.79. The molecule has 20 heavy (non-hydrogen) atoms. The number of aromatic nitrogens is 1. The van der Waals surface area contributed by atoms with Crippen molar-refractivity contribution in [2.75, 3.05) is 6.61 Å². The third-order valence-electron chi connectivity index (χ3n) is 2.90. The molecule has 0 aliphatic rings. The summed E-state index contributed by atoms with van der Waals surface area (Å²) in [6.07, 6.45) is 2.16. The molecule has 1 amide bonds. The number of thiazole rings is 1. The van der Waals surface area contributed by atoms with Crippen molar-refractivity contribution in [2.45, 2.75) is 20.3 Å². The van der Waals surface area contributed by atoms with Gasteiger partial charge in [-0.3, -0.25) is 4.79 Å². The number of hydrogen-bond acceptors (Lipinski definition) is 3. The van der Waals surface area contributed by atoms with Gasteiger partial charge in [-0.2, -0.15) is 4.99 Å². The molecule has 0 spiro atoms. The molecule has 0 saturated carbocycles. The first kappa shape index (κ1) is 14.5. The fourth-order valence-electron chi connectivity index (χ4n) is 1.71. The van der Waals surface area contributed by atoms with Gasteiger partial charge in [-0.15, -0.1) is 11.3 Å². The summed E-state index contributed by atoms with van der Waals surface area (Å²) in [6.45, 7) is 4.36. The van der Waals surface area contributed by atoms with Crippen molar-refractivity contribution in [3.8, 4) is 5.75 Å². The highest BCUT2D eigenvalue weighted by Crippen LogP contribution is 2.19. The number of hydrogen-bond donors (Lipinski definition) is 0. The maximum Gasteiger partial charge on any atom is 0.251 e. The Morgan fingerprint density at radius 3 is 2.90 bits per heavy atom. The lowest BCUT2D eigenvalue weighted by Crippen LogP contribution is -2.14. The Kier molecular flexibility index (Phi) is 4.74. The minimum atomic E-state index is -0.159. The largest absolute Gasteiger partial charge is 0.493 e. The number of nitrogens with zero attached hydrogens (tertiary/aromatic N) is 2. The van der Waals surface area contributed by atoms with E-state index >= 15 is 0 Å². The normalized spacial score (nSPS) is 11.7. The zero-order chi connectivity index (χ0) is 14.5. The van der Waals surface area contributed by atoms with E-state index in [1.165, 1.54) is 11.3 Å². The SMILES string of the molecule is Cc1ccc(C)c(OCCC(=O)N=c2sccn2C)c1. The van der Waals surface area contributed by atoms with Crippen LogP contribution >= 0.6 is 11.3 Å². The summed E-state index contributed by atoms with van der Waals surface area (Å²) in [5.74, 6) is 0.674. The van der Waals surface area contributed by atoms with Crippen LogP contribution in [-0.2, 0) is 11.8 Å². The van der Waals surface area contributed by atoms with E-state index in [1.54, 1.807) is 0 Å². The molecule has 0 N–H and O–H groups in total. The van der Waals surface area contributed by atoms with Crippen LogP contribution in [0.3, 0.4) is 0 Å². The van der Waals surface area contributed by atoms with E-state index in [4.69, 9.17) is 4.74 Å². The van der Waals surface area contributed by atoms with Crippen LogP contribution in [0.25, 0.3) is 0 Å². The van der Waals surface area contributed by atoms with Crippen molar-refractivity contribution in [2.24, 2.45) is 12.0 Å². The standard InChI is InChI=1S/C15H18N2O2S/c1-11-4-5-12(2)13(10-11)19-8-6-14(18)16-15-17(3)7-9-20-15/h4-5,7,9-10H,6,8H2,1-3H3. The quantitative estimate of drug-likeness (QED) is 0.868. The second-order valence-electron chi connectivity index (χ2n) is 4.67. The van der Waals surface area contributed by atoms with Crippen molar-refractivity contribution in [1.82, 2.24) is 4.57 Å². The minimum Gasteiger partial charge on any atom is -0.493 e. The maximum absolute atomic E-state index is 11.8. The molecular formula is C15H18N2O2S. The summed E-state index contributed by atoms with van der Waals surface area (Å²) in [5.41, 5.74) is 2.22. The summed E-state index contributed by atoms with van der Waals surface area (Å²) >= 11 is 1.45. The molecule has 0 fully saturated rings. The van der Waals surface area contributed by atoms with Crippen LogP contribution in [0.5, 0.6) is 5.75 Å². The Hall–Kier alpha value is -1.88. The molecule has 1 aromatic heterocycles. The van der Waals surface area contributed by atoms with Crippen LogP contribution in [-0.4, -0.2) is 17.1 Å². The van der Waals surface area contributed by atoms with Gasteiger partial charge in [-0.1, -0.05) is 12.1 Å². The molecule has 4 nitrogen and oxygen atoms in total. The van der Waals surface area contributed by atoms with Crippen molar-refractivity contribution in [1.29, 1.82) is 0 Å². The molecule has 1 aromatic carbocycles. The zero-order valence-corrected chi connectivity index (χ0v) is 12.7. The fourth-order valence-corrected chi connectivity index (χ4v) is 2.46. The molecule has 0 unspecified atom stereocenters. The van der Waals surface area contributed by atoms with Crippen molar-refractivity contribution >= 4 is 17.2 Å². The second-order valence-corrected chi connectivity index (χ2v) is 5.54. The summed E-state index contributed by atoms with van der Waals surface area (Å²) in [5, 5.41) is 1.90. The number of carbonyl (C=O) groups excluding carboxylic acids is 1. The number of rotatable bonds is 4. The summed E-state index contributed by atoms with van der Waals surface area (Å²) in [7, 11) is 1.87. The van der Waals surface area contributed by atoms with E-state index in [0.717, 1.165) is 16.9 Å². The van der Waals surface area contributed by atoms with E-state index in [-0.39, 0.29) is 12.3 Å². The highest BCUT2D eigenvalue weighted by atomic mass is 32.1. The lowest BCUT2D eigenvalue weighted by Gasteiger charge is -2.08. The third kappa shape index (κ3) is 3.81. The highest BCUT2D eigenvalue weighted by molar-refractivity contribution is 7.07. The molecule has 0 aliphatic heterocycles. The zero-order valence-electron chi connectivity index (χ0n) is 11.9. The van der Waals surface area contributed by atoms with Crippen LogP contribution < -0.4 is 9.54 Å². The molecule has 0 aliphatic carbocycles. The summed E-state index contributed by atoms with van der Waals surface area (Å²) in [4.78, 5) is 16.5. The molecule has 1 heterocycles. The van der Waals surface area contributed by atoms with E-state index in [9.17, 15) is 4.79 Å². The number of amides is 1. The second kappa shape index (κ2) is 6.52. The van der Waals surface area contributed by atoms with E-state index < -0.39 is 0 Å². The Labute approximate surface area is 122 Å². The van der Waals surface area contributed by atoms with Crippen LogP contribution in [0.1, 0.15) is 17.5 Å². The van der Waals surface area contributed by atoms with Gasteiger partial charge in [0.2, 0.25) is 0 Å². The molecule has 0 bridgehead atoms. The maximum atomic E-state index is 11.8. The van der Waals surface area contributed by atoms with E-state index in [2.05, 4.69) is 4.99 Å². The Morgan fingerprint density at radius 1 is 1.40 bits per heavy atom. The monoisotopic (exact) mass is 290 g/mol. The molecule has 0 saturated heterocycles. The number of carbonyl (C=O) groups is 1. The molecule has 0 radical (unpaired) electrons. The smallest absolute Gasteiger partial charge is 0.251 e. The van der Waals surface area contributed by atoms with Gasteiger partial charge in [-0.25, -0.2) is 0 Å². The predicted octanol–water partition coefficient (Wildman–Crippen LogP) is 2.60. The highest BCUT2D eigenvalue weighted by Gasteiger charge is 2.03. The fraction of sp³-hybridized carbons (Fsp3) is 0.333. The Bertz CT molecular complexity index is 671. The van der Waals surface area contributed by atoms with Gasteiger partial charge in [0, 0.05) is 18.6 Å². The van der Waals surface area contributed by atoms with Gasteiger partial charge in [-0.05, 0) is 31.0 Å². The molecule has 106 valence electrons. The lowest BCUT2D eigenvalue weighted by atomic mass is 10.1. The van der Waals surface area contributed by atoms with E-state index in [1.807, 2.05) is 55.2 Å². The van der Waals surface area contributed by atoms with Crippen LogP contribution in [0, 0.1) is 13.8 Å². The van der Waals surface area contributed by atoms with Crippen molar-refractivity contribution in [3.63, 3.8) is 0 Å². The van der Waals surface area contributed by atoms with Crippen LogP contribution in [0.15, 0.2) is 34.8 Å². The summed E-state index contributed by atoms with van der Waals surface area (Å²) < 4.78 is 7.48. The molecule has 2 rings (SSSR count). The van der Waals surface area contributed by atoms with Gasteiger partial charge >= 0.3 is 0 Å². The van der Waals surface area contributed by atoms with Gasteiger partial charge in [0.25, 0.3) is 5.91 Å².